The van der Waals surface area contributed by atoms with Crippen LogP contribution in [-0.2, 0) is 19.5 Å². The molecule has 24 heavy (non-hydrogen) atoms. The number of nitrogens with zero attached hydrogens (tertiary/aromatic N) is 1. The number of unbranched alkanes of at least 4 members (excludes halogenated alkanes) is 2. The molecule has 0 aromatic rings. The van der Waals surface area contributed by atoms with Gasteiger partial charge in [-0.05, 0) is 20.0 Å². The molecule has 0 aliphatic heterocycles. The van der Waals surface area contributed by atoms with Crippen molar-refractivity contribution in [3.63, 3.8) is 0 Å². The van der Waals surface area contributed by atoms with E-state index in [1.165, 1.54) is 0 Å². The Balaban J connectivity index is 0. The summed E-state index contributed by atoms with van der Waals surface area (Å²) in [6, 6.07) is 0. The normalized spacial score (nSPS) is 13.6. The van der Waals surface area contributed by atoms with Gasteiger partial charge >= 0.3 is 15.2 Å². The SMILES string of the molecule is CCCCCN(C)CCC(O)(P(=O)(O)O)P(=O)(O)O.O=S(=O)([O-])[O-]. The number of rotatable bonds is 9. The van der Waals surface area contributed by atoms with Gasteiger partial charge in [-0.3, -0.25) is 17.5 Å². The molecular formula is C9H23NO11P2S-2. The van der Waals surface area contributed by atoms with Crippen LogP contribution in [0.3, 0.4) is 0 Å². The molecule has 148 valence electrons. The van der Waals surface area contributed by atoms with Gasteiger partial charge in [0.05, 0.1) is 0 Å². The van der Waals surface area contributed by atoms with Crippen LogP contribution in [0.15, 0.2) is 0 Å². The Hall–Kier alpha value is 0.0900. The van der Waals surface area contributed by atoms with E-state index in [9.17, 15) is 14.2 Å². The Kier molecular flexibility index (Phi) is 11.3. The number of aliphatic hydroxyl groups is 1. The summed E-state index contributed by atoms with van der Waals surface area (Å²) in [5.41, 5.74) is 0. The summed E-state index contributed by atoms with van der Waals surface area (Å²) < 4.78 is 56.3. The van der Waals surface area contributed by atoms with Crippen LogP contribution in [0.5, 0.6) is 0 Å². The number of hydrogen-bond donors (Lipinski definition) is 5. The molecule has 15 heteroatoms. The molecule has 5 N–H and O–H groups in total. The highest BCUT2D eigenvalue weighted by Gasteiger charge is 2.58. The third-order valence-electron chi connectivity index (χ3n) is 2.91. The van der Waals surface area contributed by atoms with Gasteiger partial charge in [-0.15, -0.1) is 0 Å². The summed E-state index contributed by atoms with van der Waals surface area (Å²) in [6.45, 7) is 2.64. The van der Waals surface area contributed by atoms with Crippen molar-refractivity contribution in [1.82, 2.24) is 4.90 Å². The van der Waals surface area contributed by atoms with Gasteiger partial charge in [-0.25, -0.2) is 0 Å². The summed E-state index contributed by atoms with van der Waals surface area (Å²) >= 11 is 0. The second kappa shape index (κ2) is 10.3. The van der Waals surface area contributed by atoms with E-state index in [1.54, 1.807) is 11.9 Å². The van der Waals surface area contributed by atoms with E-state index in [1.807, 2.05) is 6.92 Å². The van der Waals surface area contributed by atoms with Crippen LogP contribution in [0.2, 0.25) is 0 Å². The fourth-order valence-electron chi connectivity index (χ4n) is 1.55. The highest BCUT2D eigenvalue weighted by Crippen LogP contribution is 2.68. The van der Waals surface area contributed by atoms with E-state index in [-0.39, 0.29) is 6.54 Å². The van der Waals surface area contributed by atoms with Crippen LogP contribution in [-0.4, -0.2) is 72.3 Å². The Morgan fingerprint density at radius 1 is 1.00 bits per heavy atom. The first-order valence-corrected chi connectivity index (χ1v) is 11.2. The molecule has 0 fully saturated rings. The summed E-state index contributed by atoms with van der Waals surface area (Å²) in [5, 5.41) is 6.35. The third-order valence-corrected chi connectivity index (χ3v) is 6.78. The molecule has 12 nitrogen and oxygen atoms in total. The Morgan fingerprint density at radius 2 is 1.38 bits per heavy atom. The van der Waals surface area contributed by atoms with Gasteiger partial charge in [0, 0.05) is 23.4 Å². The molecule has 0 spiro atoms. The minimum absolute atomic E-state index is 0.0174. The van der Waals surface area contributed by atoms with Gasteiger partial charge in [-0.1, -0.05) is 19.8 Å². The van der Waals surface area contributed by atoms with Crippen molar-refractivity contribution >= 4 is 25.6 Å². The summed E-state index contributed by atoms with van der Waals surface area (Å²) in [5.74, 6) is 0. The van der Waals surface area contributed by atoms with Crippen molar-refractivity contribution in [1.29, 1.82) is 0 Å². The lowest BCUT2D eigenvalue weighted by Crippen LogP contribution is -2.34. The average Bonchev–Trinajstić information content (AvgIpc) is 2.31. The monoisotopic (exact) mass is 415 g/mol. The van der Waals surface area contributed by atoms with Gasteiger partial charge in [0.15, 0.2) is 0 Å². The molecule has 0 radical (unpaired) electrons. The van der Waals surface area contributed by atoms with Crippen molar-refractivity contribution in [2.75, 3.05) is 20.1 Å². The van der Waals surface area contributed by atoms with Gasteiger partial charge in [0.1, 0.15) is 0 Å². The lowest BCUT2D eigenvalue weighted by atomic mass is 10.2. The van der Waals surface area contributed by atoms with Crippen LogP contribution < -0.4 is 0 Å². The quantitative estimate of drug-likeness (QED) is 0.135. The Bertz CT molecular complexity index is 524. The van der Waals surface area contributed by atoms with Crippen LogP contribution in [0.1, 0.15) is 32.6 Å². The van der Waals surface area contributed by atoms with Crippen LogP contribution >= 0.6 is 15.2 Å². The minimum Gasteiger partial charge on any atom is -0.759 e. The van der Waals surface area contributed by atoms with E-state index in [4.69, 9.17) is 37.1 Å². The Morgan fingerprint density at radius 3 is 1.67 bits per heavy atom. The summed E-state index contributed by atoms with van der Waals surface area (Å²) in [4.78, 5) is 37.5. The van der Waals surface area contributed by atoms with Crippen molar-refractivity contribution in [3.05, 3.63) is 0 Å². The third kappa shape index (κ3) is 11.6. The van der Waals surface area contributed by atoms with Gasteiger partial charge in [0.25, 0.3) is 5.08 Å². The zero-order valence-electron chi connectivity index (χ0n) is 13.2. The maximum absolute atomic E-state index is 11.1. The topological polar surface area (TPSA) is 219 Å². The van der Waals surface area contributed by atoms with Gasteiger partial charge in [0.2, 0.25) is 0 Å². The molecule has 0 heterocycles. The first-order chi connectivity index (χ1) is 10.5. The first-order valence-electron chi connectivity index (χ1n) is 6.64. The molecular weight excluding hydrogens is 392 g/mol. The van der Waals surface area contributed by atoms with E-state index in [0.717, 1.165) is 19.3 Å². The molecule has 0 bridgehead atoms. The van der Waals surface area contributed by atoms with Crippen molar-refractivity contribution in [2.24, 2.45) is 0 Å². The van der Waals surface area contributed by atoms with Crippen molar-refractivity contribution in [2.45, 2.75) is 37.7 Å². The maximum atomic E-state index is 11.1. The highest BCUT2D eigenvalue weighted by molar-refractivity contribution is 7.79. The zero-order chi connectivity index (χ0) is 19.8. The summed E-state index contributed by atoms with van der Waals surface area (Å²) in [6.07, 6.45) is 2.19. The molecule has 0 atom stereocenters. The van der Waals surface area contributed by atoms with Crippen LogP contribution in [0.4, 0.5) is 0 Å². The lowest BCUT2D eigenvalue weighted by molar-refractivity contribution is 0.112. The molecule has 0 aliphatic rings. The smallest absolute Gasteiger partial charge is 0.369 e. The predicted molar refractivity (Wildman–Crippen MR) is 81.2 cm³/mol. The molecule has 0 saturated heterocycles. The highest BCUT2D eigenvalue weighted by atomic mass is 32.3. The fraction of sp³-hybridized carbons (Fsp3) is 1.00. The maximum Gasteiger partial charge on any atom is 0.369 e. The lowest BCUT2D eigenvalue weighted by Gasteiger charge is -2.30. The van der Waals surface area contributed by atoms with E-state index < -0.39 is 37.1 Å². The second-order valence-electron chi connectivity index (χ2n) is 5.03. The Labute approximate surface area is 140 Å². The molecule has 0 aromatic carbocycles. The fourth-order valence-corrected chi connectivity index (χ4v) is 3.69. The molecule has 0 aliphatic carbocycles. The van der Waals surface area contributed by atoms with Crippen molar-refractivity contribution in [3.8, 4) is 0 Å². The molecule has 0 aromatic heterocycles. The molecule has 0 rings (SSSR count). The minimum atomic E-state index is -5.33. The average molecular weight is 415 g/mol. The van der Waals surface area contributed by atoms with E-state index in [2.05, 4.69) is 0 Å². The van der Waals surface area contributed by atoms with Crippen molar-refractivity contribution < 1.29 is 51.3 Å². The number of hydrogen-bond acceptors (Lipinski definition) is 8. The molecule has 0 amide bonds. The van der Waals surface area contributed by atoms with Crippen LogP contribution in [0.25, 0.3) is 0 Å². The van der Waals surface area contributed by atoms with E-state index >= 15 is 0 Å². The summed E-state index contributed by atoms with van der Waals surface area (Å²) in [7, 11) is -14.2. The van der Waals surface area contributed by atoms with Crippen LogP contribution in [0, 0.1) is 0 Å². The predicted octanol–water partition coefficient (Wildman–Crippen LogP) is -0.838. The first kappa shape index (κ1) is 26.3. The van der Waals surface area contributed by atoms with Gasteiger partial charge in [-0.2, -0.15) is 0 Å². The van der Waals surface area contributed by atoms with E-state index in [0.29, 0.717) is 6.54 Å². The largest absolute Gasteiger partial charge is 0.759 e. The zero-order valence-corrected chi connectivity index (χ0v) is 15.8. The molecule has 0 unspecified atom stereocenters. The van der Waals surface area contributed by atoms with Gasteiger partial charge < -0.3 is 38.7 Å². The second-order valence-corrected chi connectivity index (χ2v) is 9.86. The molecule has 0 saturated carbocycles. The standard InChI is InChI=1S/C9H23NO7P2.H2O4S/c1-3-4-5-7-10(2)8-6-9(11,18(12,13)14)19(15,16)17;1-5(2,3)4/h11H,3-8H2,1-2H3,(H2,12,13,14)(H2,15,16,17);(H2,1,2,3,4)/p-2.